The molecule has 1 aliphatic heterocycles. The summed E-state index contributed by atoms with van der Waals surface area (Å²) in [5.74, 6) is 0.685. The third-order valence-corrected chi connectivity index (χ3v) is 4.14. The quantitative estimate of drug-likeness (QED) is 0.651. The Kier molecular flexibility index (Phi) is 3.83. The highest BCUT2D eigenvalue weighted by Gasteiger charge is 2.23. The molecule has 0 atom stereocenters. The molecule has 9 heteroatoms. The molecule has 0 fully saturated rings. The van der Waals surface area contributed by atoms with E-state index in [-0.39, 0.29) is 5.69 Å². The molecule has 1 aliphatic rings. The zero-order chi connectivity index (χ0) is 18.3. The Balaban J connectivity index is 1.74. The molecule has 134 valence electrons. The lowest BCUT2D eigenvalue weighted by molar-refractivity contribution is 0.0525. The van der Waals surface area contributed by atoms with Crippen molar-refractivity contribution in [3.8, 4) is 5.75 Å². The summed E-state index contributed by atoms with van der Waals surface area (Å²) in [5, 5.41) is 4.21. The van der Waals surface area contributed by atoms with Gasteiger partial charge >= 0.3 is 11.7 Å². The average Bonchev–Trinajstić information content (AvgIpc) is 2.94. The number of aromatic nitrogens is 4. The number of anilines is 2. The van der Waals surface area contributed by atoms with E-state index < -0.39 is 5.97 Å². The fourth-order valence-electron chi connectivity index (χ4n) is 2.91. The second-order valence-electron chi connectivity index (χ2n) is 5.79. The standard InChI is InChI=1S/C17H17N5O4/c1-3-25-16(23)11-8-13-15(18-10-11)21(6-7-26-13)12-4-5-22-14(9-12)19-20(2)17(22)24/h4-5,8-10H,3,6-7H2,1-2H3. The Morgan fingerprint density at radius 3 is 3.04 bits per heavy atom. The predicted molar refractivity (Wildman–Crippen MR) is 93.1 cm³/mol. The van der Waals surface area contributed by atoms with Crippen LogP contribution in [-0.2, 0) is 11.8 Å². The SMILES string of the molecule is CCOC(=O)c1cnc2c(c1)OCCN2c1ccn2c(=O)n(C)nc2c1. The normalized spacial score (nSPS) is 13.4. The van der Waals surface area contributed by atoms with Crippen LogP contribution in [0.25, 0.3) is 5.65 Å². The third-order valence-electron chi connectivity index (χ3n) is 4.14. The number of esters is 1. The molecule has 0 spiro atoms. The molecular weight excluding hydrogens is 338 g/mol. The van der Waals surface area contributed by atoms with Gasteiger partial charge < -0.3 is 14.4 Å². The Morgan fingerprint density at radius 2 is 2.23 bits per heavy atom. The number of nitrogens with zero attached hydrogens (tertiary/aromatic N) is 5. The van der Waals surface area contributed by atoms with E-state index in [4.69, 9.17) is 9.47 Å². The van der Waals surface area contributed by atoms with E-state index in [0.29, 0.717) is 42.5 Å². The minimum absolute atomic E-state index is 0.203. The van der Waals surface area contributed by atoms with E-state index in [9.17, 15) is 9.59 Å². The number of hydrogen-bond donors (Lipinski definition) is 0. The van der Waals surface area contributed by atoms with Gasteiger partial charge in [0.1, 0.15) is 6.61 Å². The van der Waals surface area contributed by atoms with Gasteiger partial charge in [0.05, 0.1) is 18.7 Å². The molecule has 4 heterocycles. The van der Waals surface area contributed by atoms with Gasteiger partial charge in [-0.05, 0) is 13.0 Å². The van der Waals surface area contributed by atoms with E-state index in [2.05, 4.69) is 10.1 Å². The summed E-state index contributed by atoms with van der Waals surface area (Å²) in [4.78, 5) is 30.2. The maximum Gasteiger partial charge on any atom is 0.350 e. The van der Waals surface area contributed by atoms with Crippen LogP contribution in [0, 0.1) is 0 Å². The van der Waals surface area contributed by atoms with Crippen molar-refractivity contribution in [3.05, 3.63) is 46.6 Å². The first kappa shape index (κ1) is 16.1. The van der Waals surface area contributed by atoms with Crippen LogP contribution < -0.4 is 15.3 Å². The van der Waals surface area contributed by atoms with Crippen LogP contribution in [0.1, 0.15) is 17.3 Å². The largest absolute Gasteiger partial charge is 0.488 e. The van der Waals surface area contributed by atoms with Gasteiger partial charge in [-0.15, -0.1) is 0 Å². The van der Waals surface area contributed by atoms with Gasteiger partial charge in [0.15, 0.2) is 17.2 Å². The monoisotopic (exact) mass is 355 g/mol. The first-order chi connectivity index (χ1) is 12.6. The van der Waals surface area contributed by atoms with Crippen molar-refractivity contribution in [2.75, 3.05) is 24.7 Å². The molecule has 9 nitrogen and oxygen atoms in total. The molecule has 0 unspecified atom stereocenters. The lowest BCUT2D eigenvalue weighted by atomic mass is 10.2. The summed E-state index contributed by atoms with van der Waals surface area (Å²) in [5.41, 5.74) is 1.53. The van der Waals surface area contributed by atoms with Crippen molar-refractivity contribution < 1.29 is 14.3 Å². The van der Waals surface area contributed by atoms with Crippen molar-refractivity contribution >= 4 is 23.1 Å². The van der Waals surface area contributed by atoms with Gasteiger partial charge in [0.25, 0.3) is 0 Å². The van der Waals surface area contributed by atoms with Crippen molar-refractivity contribution in [2.24, 2.45) is 7.05 Å². The van der Waals surface area contributed by atoms with Gasteiger partial charge in [-0.2, -0.15) is 5.10 Å². The molecule has 26 heavy (non-hydrogen) atoms. The van der Waals surface area contributed by atoms with Crippen molar-refractivity contribution in [2.45, 2.75) is 6.92 Å². The number of carbonyl (C=O) groups excluding carboxylic acids is 1. The van der Waals surface area contributed by atoms with E-state index >= 15 is 0 Å². The lowest BCUT2D eigenvalue weighted by Crippen LogP contribution is -2.30. The fourth-order valence-corrected chi connectivity index (χ4v) is 2.91. The molecule has 4 rings (SSSR count). The van der Waals surface area contributed by atoms with Crippen molar-refractivity contribution in [1.82, 2.24) is 19.2 Å². The second kappa shape index (κ2) is 6.17. The molecular formula is C17H17N5O4. The number of aryl methyl sites for hydroxylation is 1. The Bertz CT molecular complexity index is 1050. The van der Waals surface area contributed by atoms with Crippen LogP contribution in [0.3, 0.4) is 0 Å². The maximum absolute atomic E-state index is 11.9. The highest BCUT2D eigenvalue weighted by molar-refractivity contribution is 5.90. The van der Waals surface area contributed by atoms with Gasteiger partial charge in [-0.1, -0.05) is 0 Å². The lowest BCUT2D eigenvalue weighted by Gasteiger charge is -2.30. The van der Waals surface area contributed by atoms with Crippen LogP contribution >= 0.6 is 0 Å². The molecule has 0 aliphatic carbocycles. The predicted octanol–water partition coefficient (Wildman–Crippen LogP) is 1.14. The zero-order valence-corrected chi connectivity index (χ0v) is 14.4. The summed E-state index contributed by atoms with van der Waals surface area (Å²) < 4.78 is 13.4. The smallest absolute Gasteiger partial charge is 0.350 e. The first-order valence-corrected chi connectivity index (χ1v) is 8.21. The van der Waals surface area contributed by atoms with E-state index in [1.807, 2.05) is 17.0 Å². The van der Waals surface area contributed by atoms with E-state index in [1.54, 1.807) is 26.2 Å². The number of hydrogen-bond acceptors (Lipinski definition) is 7. The summed E-state index contributed by atoms with van der Waals surface area (Å²) in [6.45, 7) is 3.08. The maximum atomic E-state index is 11.9. The molecule has 3 aromatic heterocycles. The Labute approximate surface area is 148 Å². The molecule has 0 aromatic carbocycles. The molecule has 0 amide bonds. The summed E-state index contributed by atoms with van der Waals surface area (Å²) in [7, 11) is 1.61. The van der Waals surface area contributed by atoms with E-state index in [1.165, 1.54) is 15.3 Å². The molecule has 0 bridgehead atoms. The Hall–Kier alpha value is -3.36. The van der Waals surface area contributed by atoms with Crippen LogP contribution in [0.5, 0.6) is 5.75 Å². The number of pyridine rings is 2. The Morgan fingerprint density at radius 1 is 1.38 bits per heavy atom. The number of ether oxygens (including phenoxy) is 2. The van der Waals surface area contributed by atoms with Gasteiger partial charge in [0, 0.05) is 37.3 Å². The van der Waals surface area contributed by atoms with Crippen LogP contribution in [0.15, 0.2) is 35.4 Å². The minimum Gasteiger partial charge on any atom is -0.488 e. The van der Waals surface area contributed by atoms with Gasteiger partial charge in [-0.3, -0.25) is 4.40 Å². The highest BCUT2D eigenvalue weighted by Crippen LogP contribution is 2.35. The van der Waals surface area contributed by atoms with Crippen LogP contribution in [-0.4, -0.2) is 44.9 Å². The molecule has 0 saturated heterocycles. The van der Waals surface area contributed by atoms with Crippen molar-refractivity contribution in [1.29, 1.82) is 0 Å². The van der Waals surface area contributed by atoms with Crippen LogP contribution in [0.2, 0.25) is 0 Å². The molecule has 0 saturated carbocycles. The summed E-state index contributed by atoms with van der Waals surface area (Å²) >= 11 is 0. The number of fused-ring (bicyclic) bond motifs is 2. The molecule has 3 aromatic rings. The molecule has 0 radical (unpaired) electrons. The minimum atomic E-state index is -0.433. The summed E-state index contributed by atoms with van der Waals surface area (Å²) in [6, 6.07) is 5.28. The van der Waals surface area contributed by atoms with Crippen molar-refractivity contribution in [3.63, 3.8) is 0 Å². The summed E-state index contributed by atoms with van der Waals surface area (Å²) in [6.07, 6.45) is 3.16. The zero-order valence-electron chi connectivity index (χ0n) is 14.4. The number of rotatable bonds is 3. The average molecular weight is 355 g/mol. The second-order valence-corrected chi connectivity index (χ2v) is 5.79. The molecule has 0 N–H and O–H groups in total. The van der Waals surface area contributed by atoms with Crippen LogP contribution in [0.4, 0.5) is 11.5 Å². The topological polar surface area (TPSA) is 91.0 Å². The van der Waals surface area contributed by atoms with Gasteiger partial charge in [-0.25, -0.2) is 19.3 Å². The fraction of sp³-hybridized carbons (Fsp3) is 0.294. The third kappa shape index (κ3) is 2.57. The number of carbonyl (C=O) groups is 1. The highest BCUT2D eigenvalue weighted by atomic mass is 16.5. The first-order valence-electron chi connectivity index (χ1n) is 8.21. The van der Waals surface area contributed by atoms with E-state index in [0.717, 1.165) is 5.69 Å². The van der Waals surface area contributed by atoms with Gasteiger partial charge in [0.2, 0.25) is 0 Å².